The van der Waals surface area contributed by atoms with Gasteiger partial charge < -0.3 is 9.15 Å². The number of benzene rings is 3. The topological polar surface area (TPSA) is 63.8 Å². The number of ether oxygens (including phenoxy) is 1. The number of hydrogen-bond donors (Lipinski definition) is 1. The van der Waals surface area contributed by atoms with Crippen LogP contribution in [-0.2, 0) is 6.61 Å². The molecule has 0 radical (unpaired) electrons. The van der Waals surface area contributed by atoms with Crippen LogP contribution >= 0.6 is 61.1 Å². The van der Waals surface area contributed by atoms with Crippen LogP contribution in [0.3, 0.4) is 0 Å². The zero-order valence-corrected chi connectivity index (χ0v) is 22.1. The molecule has 0 aliphatic rings. The highest BCUT2D eigenvalue weighted by Crippen LogP contribution is 2.29. The van der Waals surface area contributed by atoms with E-state index < -0.39 is 5.91 Å². The average Bonchev–Trinajstić information content (AvgIpc) is 3.16. The van der Waals surface area contributed by atoms with E-state index in [1.165, 1.54) is 12.1 Å². The first-order chi connectivity index (χ1) is 15.4. The van der Waals surface area contributed by atoms with E-state index in [1.807, 2.05) is 30.3 Å². The molecule has 0 spiro atoms. The van der Waals surface area contributed by atoms with E-state index in [1.54, 1.807) is 24.4 Å². The Morgan fingerprint density at radius 3 is 2.66 bits per heavy atom. The lowest BCUT2D eigenvalue weighted by Crippen LogP contribution is -2.16. The molecular formula is C23H14BrFI2N2O3. The van der Waals surface area contributed by atoms with Crippen molar-refractivity contribution in [3.05, 3.63) is 95.0 Å². The molecule has 5 nitrogen and oxygen atoms in total. The SMILES string of the molecule is O=C(N/N=C/c1cc(I)c(OCc2cccc(F)c2)c(I)c1)c1cc2cc(Br)ccc2o1. The van der Waals surface area contributed by atoms with Gasteiger partial charge in [-0.1, -0.05) is 28.1 Å². The van der Waals surface area contributed by atoms with Gasteiger partial charge in [0.1, 0.15) is 23.8 Å². The quantitative estimate of drug-likeness (QED) is 0.134. The number of amides is 1. The Balaban J connectivity index is 1.41. The van der Waals surface area contributed by atoms with Crippen LogP contribution in [0, 0.1) is 13.0 Å². The summed E-state index contributed by atoms with van der Waals surface area (Å²) in [6.45, 7) is 0.265. The van der Waals surface area contributed by atoms with Crippen molar-refractivity contribution in [2.75, 3.05) is 0 Å². The summed E-state index contributed by atoms with van der Waals surface area (Å²) in [5.74, 6) is 0.165. The summed E-state index contributed by atoms with van der Waals surface area (Å²) in [6, 6.07) is 17.3. The van der Waals surface area contributed by atoms with E-state index in [0.29, 0.717) is 11.3 Å². The molecule has 0 saturated carbocycles. The van der Waals surface area contributed by atoms with Crippen LogP contribution in [0.1, 0.15) is 21.7 Å². The summed E-state index contributed by atoms with van der Waals surface area (Å²) in [6.07, 6.45) is 1.55. The lowest BCUT2D eigenvalue weighted by atomic mass is 10.2. The van der Waals surface area contributed by atoms with E-state index >= 15 is 0 Å². The highest BCUT2D eigenvalue weighted by Gasteiger charge is 2.12. The van der Waals surface area contributed by atoms with Crippen LogP contribution in [-0.4, -0.2) is 12.1 Å². The molecule has 0 saturated heterocycles. The van der Waals surface area contributed by atoms with Gasteiger partial charge in [0.05, 0.1) is 13.4 Å². The molecule has 0 unspecified atom stereocenters. The normalized spacial score (nSPS) is 11.2. The Bertz CT molecular complexity index is 1320. The van der Waals surface area contributed by atoms with Crippen LogP contribution in [0.2, 0.25) is 0 Å². The van der Waals surface area contributed by atoms with E-state index in [-0.39, 0.29) is 18.2 Å². The summed E-state index contributed by atoms with van der Waals surface area (Å²) in [4.78, 5) is 12.3. The van der Waals surface area contributed by atoms with E-state index in [0.717, 1.165) is 28.1 Å². The molecular weight excluding hydrogens is 705 g/mol. The van der Waals surface area contributed by atoms with Gasteiger partial charge in [0.25, 0.3) is 0 Å². The standard InChI is InChI=1S/C23H14BrFI2N2O3/c24-16-4-5-20-15(9-16)10-21(32-20)23(30)29-28-11-14-7-18(26)22(19(27)8-14)31-12-13-2-1-3-17(25)6-13/h1-11H,12H2,(H,29,30)/b28-11+. The average molecular weight is 719 g/mol. The molecule has 4 aromatic rings. The second kappa shape index (κ2) is 10.3. The Morgan fingerprint density at radius 2 is 1.91 bits per heavy atom. The van der Waals surface area contributed by atoms with Gasteiger partial charge >= 0.3 is 5.91 Å². The molecule has 4 rings (SSSR count). The molecule has 3 aromatic carbocycles. The van der Waals surface area contributed by atoms with Gasteiger partial charge in [-0.2, -0.15) is 5.10 Å². The fourth-order valence-corrected chi connectivity index (χ4v) is 5.43. The van der Waals surface area contributed by atoms with Crippen molar-refractivity contribution in [1.82, 2.24) is 5.43 Å². The number of halogens is 4. The molecule has 1 aromatic heterocycles. The predicted molar refractivity (Wildman–Crippen MR) is 142 cm³/mol. The van der Waals surface area contributed by atoms with Crippen molar-refractivity contribution in [2.24, 2.45) is 5.10 Å². The van der Waals surface area contributed by atoms with Crippen molar-refractivity contribution in [3.8, 4) is 5.75 Å². The third-order valence-corrected chi connectivity index (χ3v) is 6.47. The zero-order chi connectivity index (χ0) is 22.7. The van der Waals surface area contributed by atoms with Crippen LogP contribution in [0.4, 0.5) is 4.39 Å². The third-order valence-electron chi connectivity index (χ3n) is 4.37. The summed E-state index contributed by atoms with van der Waals surface area (Å²) in [5.41, 5.74) is 4.66. The number of rotatable bonds is 6. The number of hydrogen-bond acceptors (Lipinski definition) is 4. The summed E-state index contributed by atoms with van der Waals surface area (Å²) >= 11 is 7.74. The van der Waals surface area contributed by atoms with Gasteiger partial charge in [0, 0.05) is 9.86 Å². The highest BCUT2D eigenvalue weighted by atomic mass is 127. The predicted octanol–water partition coefficient (Wildman–Crippen LogP) is 6.89. The summed E-state index contributed by atoms with van der Waals surface area (Å²) < 4.78 is 27.5. The molecule has 9 heteroatoms. The number of fused-ring (bicyclic) bond motifs is 1. The monoisotopic (exact) mass is 718 g/mol. The van der Waals surface area contributed by atoms with E-state index in [2.05, 4.69) is 71.6 Å². The van der Waals surface area contributed by atoms with E-state index in [9.17, 15) is 9.18 Å². The Morgan fingerprint density at radius 1 is 1.12 bits per heavy atom. The second-order valence-electron chi connectivity index (χ2n) is 6.72. The number of carbonyl (C=O) groups is 1. The van der Waals surface area contributed by atoms with Crippen molar-refractivity contribution < 1.29 is 18.3 Å². The summed E-state index contributed by atoms with van der Waals surface area (Å²) in [7, 11) is 0. The van der Waals surface area contributed by atoms with Crippen molar-refractivity contribution in [3.63, 3.8) is 0 Å². The minimum Gasteiger partial charge on any atom is -0.487 e. The number of nitrogens with one attached hydrogen (secondary N) is 1. The van der Waals surface area contributed by atoms with Gasteiger partial charge in [-0.05, 0) is 105 Å². The van der Waals surface area contributed by atoms with Crippen LogP contribution in [0.5, 0.6) is 5.75 Å². The maximum Gasteiger partial charge on any atom is 0.307 e. The Kier molecular flexibility index (Phi) is 7.46. The third kappa shape index (κ3) is 5.67. The maximum atomic E-state index is 13.3. The van der Waals surface area contributed by atoms with Crippen LogP contribution in [0.15, 0.2) is 74.7 Å². The van der Waals surface area contributed by atoms with Gasteiger partial charge in [-0.25, -0.2) is 9.82 Å². The van der Waals surface area contributed by atoms with Crippen molar-refractivity contribution in [1.29, 1.82) is 0 Å². The van der Waals surface area contributed by atoms with Crippen molar-refractivity contribution in [2.45, 2.75) is 6.61 Å². The lowest BCUT2D eigenvalue weighted by Gasteiger charge is -2.11. The molecule has 0 aliphatic heterocycles. The minimum atomic E-state index is -0.437. The van der Waals surface area contributed by atoms with Gasteiger partial charge in [0.15, 0.2) is 5.76 Å². The molecule has 0 fully saturated rings. The lowest BCUT2D eigenvalue weighted by molar-refractivity contribution is 0.0929. The molecule has 0 aliphatic carbocycles. The maximum absolute atomic E-state index is 13.3. The second-order valence-corrected chi connectivity index (χ2v) is 9.96. The number of hydrazone groups is 1. The molecule has 1 N–H and O–H groups in total. The highest BCUT2D eigenvalue weighted by molar-refractivity contribution is 14.1. The van der Waals surface area contributed by atoms with Gasteiger partial charge in [0.2, 0.25) is 0 Å². The summed E-state index contributed by atoms with van der Waals surface area (Å²) in [5, 5.41) is 4.86. The van der Waals surface area contributed by atoms with Gasteiger partial charge in [-0.3, -0.25) is 4.79 Å². The molecule has 0 atom stereocenters. The zero-order valence-electron chi connectivity index (χ0n) is 16.2. The fraction of sp³-hybridized carbons (Fsp3) is 0.0435. The van der Waals surface area contributed by atoms with Gasteiger partial charge in [-0.15, -0.1) is 0 Å². The number of furan rings is 1. The van der Waals surface area contributed by atoms with E-state index in [4.69, 9.17) is 9.15 Å². The Hall–Kier alpha value is -1.99. The molecule has 1 amide bonds. The largest absolute Gasteiger partial charge is 0.487 e. The first-order valence-electron chi connectivity index (χ1n) is 9.28. The molecule has 32 heavy (non-hydrogen) atoms. The smallest absolute Gasteiger partial charge is 0.307 e. The first-order valence-corrected chi connectivity index (χ1v) is 12.2. The van der Waals surface area contributed by atoms with Crippen LogP contribution < -0.4 is 10.2 Å². The first kappa shape index (κ1) is 23.2. The number of carbonyl (C=O) groups excluding carboxylic acids is 1. The van der Waals surface area contributed by atoms with Crippen molar-refractivity contribution >= 4 is 84.2 Å². The minimum absolute atomic E-state index is 0.181. The fourth-order valence-electron chi connectivity index (χ4n) is 2.92. The Labute approximate surface area is 218 Å². The molecule has 1 heterocycles. The number of nitrogens with zero attached hydrogens (tertiary/aromatic N) is 1. The molecule has 0 bridgehead atoms. The van der Waals surface area contributed by atoms with Crippen LogP contribution in [0.25, 0.3) is 11.0 Å². The molecule has 162 valence electrons.